The zero-order valence-corrected chi connectivity index (χ0v) is 17.3. The normalized spacial score (nSPS) is 13.2. The van der Waals surface area contributed by atoms with Crippen LogP contribution in [0, 0.1) is 0 Å². The third kappa shape index (κ3) is 4.19. The van der Waals surface area contributed by atoms with Gasteiger partial charge in [0.1, 0.15) is 0 Å². The maximum Gasteiger partial charge on any atom is 0.261 e. The third-order valence-electron chi connectivity index (χ3n) is 4.71. The summed E-state index contributed by atoms with van der Waals surface area (Å²) >= 11 is 3.03. The molecule has 1 aliphatic rings. The minimum absolute atomic E-state index is 0.214. The van der Waals surface area contributed by atoms with Crippen LogP contribution in [0.5, 0.6) is 0 Å². The van der Waals surface area contributed by atoms with Crippen molar-refractivity contribution in [3.63, 3.8) is 0 Å². The highest BCUT2D eigenvalue weighted by Crippen LogP contribution is 2.27. The van der Waals surface area contributed by atoms with E-state index in [0.29, 0.717) is 29.3 Å². The summed E-state index contributed by atoms with van der Waals surface area (Å²) in [5.74, 6) is 0.432. The van der Waals surface area contributed by atoms with Crippen LogP contribution in [-0.2, 0) is 6.42 Å². The van der Waals surface area contributed by atoms with Gasteiger partial charge in [-0.05, 0) is 24.1 Å². The summed E-state index contributed by atoms with van der Waals surface area (Å²) in [7, 11) is 0. The number of carbonyl (C=O) groups excluding carboxylic acids is 2. The van der Waals surface area contributed by atoms with E-state index in [-0.39, 0.29) is 11.8 Å². The van der Waals surface area contributed by atoms with Crippen LogP contribution in [0.1, 0.15) is 26.3 Å². The number of benzene rings is 2. The number of carbonyl (C=O) groups is 2. The number of aromatic nitrogens is 1. The van der Waals surface area contributed by atoms with Gasteiger partial charge in [0, 0.05) is 29.8 Å². The zero-order valence-electron chi connectivity index (χ0n) is 15.6. The molecular formula is C21H20N4O2S2. The molecule has 0 saturated heterocycles. The van der Waals surface area contributed by atoms with Gasteiger partial charge in [-0.2, -0.15) is 0 Å². The van der Waals surface area contributed by atoms with Crippen molar-refractivity contribution in [2.45, 2.75) is 6.42 Å². The Morgan fingerprint density at radius 3 is 2.31 bits per heavy atom. The van der Waals surface area contributed by atoms with Gasteiger partial charge in [0.2, 0.25) is 0 Å². The summed E-state index contributed by atoms with van der Waals surface area (Å²) in [5.41, 5.74) is 9.97. The number of aryl methyl sites for hydroxylation is 1. The lowest BCUT2D eigenvalue weighted by Crippen LogP contribution is -2.35. The van der Waals surface area contributed by atoms with Crippen molar-refractivity contribution >= 4 is 40.2 Å². The molecule has 0 atom stereocenters. The third-order valence-corrected chi connectivity index (χ3v) is 6.20. The van der Waals surface area contributed by atoms with Crippen molar-refractivity contribution in [1.29, 1.82) is 0 Å². The Morgan fingerprint density at radius 2 is 1.66 bits per heavy atom. The van der Waals surface area contributed by atoms with Crippen LogP contribution in [0.15, 0.2) is 53.9 Å². The molecule has 2 aromatic carbocycles. The highest BCUT2D eigenvalue weighted by Gasteiger charge is 2.34. The molecule has 0 bridgehead atoms. The molecule has 0 radical (unpaired) electrons. The second kappa shape index (κ2) is 8.77. The number of fused-ring (bicyclic) bond motifs is 1. The summed E-state index contributed by atoms with van der Waals surface area (Å²) in [5, 5.41) is 2.54. The molecule has 0 spiro atoms. The van der Waals surface area contributed by atoms with Gasteiger partial charge < -0.3 is 5.73 Å². The quantitative estimate of drug-likeness (QED) is 0.327. The fourth-order valence-electron chi connectivity index (χ4n) is 3.30. The molecule has 8 heteroatoms. The van der Waals surface area contributed by atoms with Crippen molar-refractivity contribution in [3.8, 4) is 11.3 Å². The molecule has 1 aliphatic heterocycles. The van der Waals surface area contributed by atoms with E-state index in [2.05, 4.69) is 21.8 Å². The van der Waals surface area contributed by atoms with Gasteiger partial charge in [0.25, 0.3) is 11.8 Å². The number of imide groups is 1. The number of thiazole rings is 1. The Kier molecular flexibility index (Phi) is 5.94. The summed E-state index contributed by atoms with van der Waals surface area (Å²) in [6.45, 7) is 0.897. The molecule has 2 amide bonds. The monoisotopic (exact) mass is 424 g/mol. The largest absolute Gasteiger partial charge is 0.375 e. The average molecular weight is 425 g/mol. The highest BCUT2D eigenvalue weighted by atomic mass is 32.2. The van der Waals surface area contributed by atoms with Crippen LogP contribution < -0.4 is 10.5 Å². The van der Waals surface area contributed by atoms with Gasteiger partial charge >= 0.3 is 0 Å². The van der Waals surface area contributed by atoms with Crippen LogP contribution in [0.3, 0.4) is 0 Å². The van der Waals surface area contributed by atoms with Crippen LogP contribution in [-0.4, -0.2) is 40.5 Å². The van der Waals surface area contributed by atoms with Crippen molar-refractivity contribution in [1.82, 2.24) is 14.6 Å². The van der Waals surface area contributed by atoms with Crippen LogP contribution in [0.4, 0.5) is 5.13 Å². The first kappa shape index (κ1) is 19.6. The summed E-state index contributed by atoms with van der Waals surface area (Å²) in [6.07, 6.45) is 0.873. The first-order valence-electron chi connectivity index (χ1n) is 9.24. The van der Waals surface area contributed by atoms with E-state index in [4.69, 9.17) is 5.73 Å². The highest BCUT2D eigenvalue weighted by molar-refractivity contribution is 7.97. The molecule has 0 saturated carbocycles. The van der Waals surface area contributed by atoms with Gasteiger partial charge in [-0.3, -0.25) is 19.2 Å². The van der Waals surface area contributed by atoms with Gasteiger partial charge in [-0.15, -0.1) is 11.3 Å². The Balaban J connectivity index is 1.25. The van der Waals surface area contributed by atoms with Crippen molar-refractivity contribution in [3.05, 3.63) is 70.6 Å². The molecule has 148 valence electrons. The van der Waals surface area contributed by atoms with E-state index in [1.54, 1.807) is 36.2 Å². The fraction of sp³-hybridized carbons (Fsp3) is 0.190. The molecule has 3 N–H and O–H groups in total. The first-order chi connectivity index (χ1) is 14.1. The number of rotatable bonds is 8. The van der Waals surface area contributed by atoms with Gasteiger partial charge in [0.05, 0.1) is 16.8 Å². The van der Waals surface area contributed by atoms with E-state index < -0.39 is 0 Å². The summed E-state index contributed by atoms with van der Waals surface area (Å²) < 4.78 is 3.25. The lowest BCUT2D eigenvalue weighted by molar-refractivity contribution is 0.0658. The molecule has 0 fully saturated rings. The lowest BCUT2D eigenvalue weighted by atomic mass is 10.0. The van der Waals surface area contributed by atoms with Gasteiger partial charge in [-0.1, -0.05) is 48.3 Å². The molecule has 1 aromatic heterocycles. The molecular weight excluding hydrogens is 404 g/mol. The SMILES string of the molecule is Nc1nc(-c2ccccc2CCSNCCN2C(=O)c3ccccc3C2=O)cs1. The van der Waals surface area contributed by atoms with E-state index in [9.17, 15) is 9.59 Å². The van der Waals surface area contributed by atoms with Gasteiger partial charge in [-0.25, -0.2) is 4.98 Å². The minimum Gasteiger partial charge on any atom is -0.375 e. The molecule has 2 heterocycles. The fourth-order valence-corrected chi connectivity index (χ4v) is 4.57. The van der Waals surface area contributed by atoms with E-state index in [0.717, 1.165) is 23.4 Å². The zero-order chi connectivity index (χ0) is 20.2. The average Bonchev–Trinajstić information content (AvgIpc) is 3.28. The Morgan fingerprint density at radius 1 is 1.00 bits per heavy atom. The van der Waals surface area contributed by atoms with Crippen LogP contribution >= 0.6 is 23.3 Å². The predicted octanol–water partition coefficient (Wildman–Crippen LogP) is 3.47. The van der Waals surface area contributed by atoms with Crippen molar-refractivity contribution in [2.75, 3.05) is 24.6 Å². The Bertz CT molecular complexity index is 1020. The molecule has 4 rings (SSSR count). The van der Waals surface area contributed by atoms with Gasteiger partial charge in [0.15, 0.2) is 5.13 Å². The topological polar surface area (TPSA) is 88.3 Å². The second-order valence-corrected chi connectivity index (χ2v) is 8.40. The van der Waals surface area contributed by atoms with Crippen LogP contribution in [0.25, 0.3) is 11.3 Å². The lowest BCUT2D eigenvalue weighted by Gasteiger charge is -2.14. The maximum absolute atomic E-state index is 12.3. The number of nitrogens with zero attached hydrogens (tertiary/aromatic N) is 2. The Labute approximate surface area is 177 Å². The summed E-state index contributed by atoms with van der Waals surface area (Å²) in [4.78, 5) is 30.4. The number of nitrogens with one attached hydrogen (secondary N) is 1. The smallest absolute Gasteiger partial charge is 0.261 e. The van der Waals surface area contributed by atoms with Crippen LogP contribution in [0.2, 0.25) is 0 Å². The molecule has 0 aliphatic carbocycles. The Hall–Kier alpha value is -2.68. The number of nitrogens with two attached hydrogens (primary N) is 1. The number of anilines is 1. The number of hydrogen-bond acceptors (Lipinski definition) is 7. The number of nitrogen functional groups attached to an aromatic ring is 1. The number of hydrogen-bond donors (Lipinski definition) is 2. The summed E-state index contributed by atoms with van der Waals surface area (Å²) in [6, 6.07) is 15.1. The van der Waals surface area contributed by atoms with E-state index in [1.807, 2.05) is 17.5 Å². The molecule has 6 nitrogen and oxygen atoms in total. The number of amides is 2. The second-order valence-electron chi connectivity index (χ2n) is 6.53. The standard InChI is InChI=1S/C21H20N4O2S2/c22-21-24-18(13-28-21)15-6-2-1-5-14(15)9-12-29-23-10-11-25-19(26)16-7-3-4-8-17(16)20(25)27/h1-8,13,23H,9-12H2,(H2,22,24). The molecule has 29 heavy (non-hydrogen) atoms. The van der Waals surface area contributed by atoms with Crippen molar-refractivity contribution in [2.24, 2.45) is 0 Å². The molecule has 3 aromatic rings. The minimum atomic E-state index is -0.214. The molecule has 0 unspecified atom stereocenters. The predicted molar refractivity (Wildman–Crippen MR) is 118 cm³/mol. The van der Waals surface area contributed by atoms with Crippen molar-refractivity contribution < 1.29 is 9.59 Å². The maximum atomic E-state index is 12.3. The van der Waals surface area contributed by atoms with E-state index >= 15 is 0 Å². The van der Waals surface area contributed by atoms with E-state index in [1.165, 1.54) is 21.8 Å². The first-order valence-corrected chi connectivity index (χ1v) is 11.1.